The van der Waals surface area contributed by atoms with Gasteiger partial charge in [-0.1, -0.05) is 24.3 Å². The molecule has 1 aromatic carbocycles. The molecule has 1 amide bonds. The van der Waals surface area contributed by atoms with Crippen LogP contribution >= 0.6 is 11.8 Å². The number of nitrogens with zero attached hydrogens (tertiary/aromatic N) is 1. The summed E-state index contributed by atoms with van der Waals surface area (Å²) in [5, 5.41) is 4.60. The van der Waals surface area contributed by atoms with Crippen molar-refractivity contribution in [2.24, 2.45) is 5.84 Å². The number of aromatic nitrogens is 1. The second-order valence-corrected chi connectivity index (χ2v) is 5.30. The number of carbonyl (C=O) groups excluding carboxylic acids is 1. The molecule has 20 heavy (non-hydrogen) atoms. The van der Waals surface area contributed by atoms with E-state index < -0.39 is 0 Å². The summed E-state index contributed by atoms with van der Waals surface area (Å²) < 4.78 is 0. The molecule has 1 aromatic heterocycles. The lowest BCUT2D eigenvalue weighted by molar-refractivity contribution is 0.0955. The number of hydrazine groups is 1. The molecule has 0 saturated carbocycles. The molecule has 0 fully saturated rings. The molecule has 5 nitrogen and oxygen atoms in total. The lowest BCUT2D eigenvalue weighted by Crippen LogP contribution is -2.25. The Bertz CT molecular complexity index is 603. The topological polar surface area (TPSA) is 80.0 Å². The maximum atomic E-state index is 12.2. The summed E-state index contributed by atoms with van der Waals surface area (Å²) in [6.07, 6.45) is 4.57. The number of nitrogens with one attached hydrogen (secondary N) is 2. The van der Waals surface area contributed by atoms with Crippen LogP contribution in [0.1, 0.15) is 16.8 Å². The molecule has 0 saturated heterocycles. The molecule has 4 N–H and O–H groups in total. The van der Waals surface area contributed by atoms with Gasteiger partial charge in [-0.25, -0.2) is 10.8 Å². The normalized spacial score (nSPS) is 10.5. The summed E-state index contributed by atoms with van der Waals surface area (Å²) in [5.74, 6) is 6.95. The number of benzene rings is 1. The van der Waals surface area contributed by atoms with E-state index in [1.165, 1.54) is 0 Å². The van der Waals surface area contributed by atoms with E-state index in [1.807, 2.05) is 24.3 Å². The Morgan fingerprint density at radius 2 is 2.10 bits per heavy atom. The molecule has 0 unspecified atom stereocenters. The van der Waals surface area contributed by atoms with E-state index in [1.54, 1.807) is 18.0 Å². The molecular formula is C14H18N4OS. The molecule has 0 bridgehead atoms. The lowest BCUT2D eigenvalue weighted by atomic mass is 10.1. The number of hydrogen-bond acceptors (Lipinski definition) is 5. The standard InChI is InChI=1S/C14H18N4OS/c1-20-8-4-7-16-14(19)12-9-17-13(18-15)11-6-3-2-5-10(11)12/h2-3,5-6,9H,4,7-8,15H2,1H3,(H,16,19)(H,17,18). The van der Waals surface area contributed by atoms with Crippen LogP contribution in [0, 0.1) is 0 Å². The van der Waals surface area contributed by atoms with Crippen molar-refractivity contribution in [2.75, 3.05) is 24.0 Å². The van der Waals surface area contributed by atoms with Gasteiger partial charge in [-0.15, -0.1) is 0 Å². The summed E-state index contributed by atoms with van der Waals surface area (Å²) in [7, 11) is 0. The van der Waals surface area contributed by atoms with E-state index in [0.717, 1.165) is 22.9 Å². The summed E-state index contributed by atoms with van der Waals surface area (Å²) in [6, 6.07) is 7.58. The summed E-state index contributed by atoms with van der Waals surface area (Å²) >= 11 is 1.77. The van der Waals surface area contributed by atoms with Gasteiger partial charge in [-0.05, 0) is 23.8 Å². The SMILES string of the molecule is CSCCCNC(=O)c1cnc(NN)c2ccccc12. The number of hydrogen-bond donors (Lipinski definition) is 3. The zero-order chi connectivity index (χ0) is 14.4. The van der Waals surface area contributed by atoms with Crippen LogP contribution in [0.25, 0.3) is 10.8 Å². The number of nitrogens with two attached hydrogens (primary N) is 1. The highest BCUT2D eigenvalue weighted by Gasteiger charge is 2.12. The number of anilines is 1. The molecule has 0 atom stereocenters. The predicted molar refractivity (Wildman–Crippen MR) is 84.9 cm³/mol. The maximum Gasteiger partial charge on any atom is 0.253 e. The smallest absolute Gasteiger partial charge is 0.253 e. The number of amides is 1. The fourth-order valence-electron chi connectivity index (χ4n) is 2.00. The molecule has 0 aliphatic carbocycles. The molecule has 2 aromatic rings. The van der Waals surface area contributed by atoms with Crippen LogP contribution in [0.15, 0.2) is 30.5 Å². The third-order valence-corrected chi connectivity index (χ3v) is 3.68. The Morgan fingerprint density at radius 1 is 1.35 bits per heavy atom. The van der Waals surface area contributed by atoms with E-state index in [9.17, 15) is 4.79 Å². The molecular weight excluding hydrogens is 272 g/mol. The van der Waals surface area contributed by atoms with Gasteiger partial charge in [0.1, 0.15) is 5.82 Å². The number of thioether (sulfide) groups is 1. The molecule has 6 heteroatoms. The minimum absolute atomic E-state index is 0.0987. The first-order valence-corrected chi connectivity index (χ1v) is 7.78. The van der Waals surface area contributed by atoms with Crippen molar-refractivity contribution in [1.29, 1.82) is 0 Å². The van der Waals surface area contributed by atoms with Crippen LogP contribution < -0.4 is 16.6 Å². The second kappa shape index (κ2) is 7.12. The third kappa shape index (κ3) is 3.20. The van der Waals surface area contributed by atoms with Crippen LogP contribution in [0.2, 0.25) is 0 Å². The second-order valence-electron chi connectivity index (χ2n) is 4.31. The first kappa shape index (κ1) is 14.6. The molecule has 0 aliphatic rings. The van der Waals surface area contributed by atoms with Gasteiger partial charge in [-0.2, -0.15) is 11.8 Å². The molecule has 1 heterocycles. The first-order chi connectivity index (χ1) is 9.77. The Hall–Kier alpha value is -1.79. The van der Waals surface area contributed by atoms with Gasteiger partial charge in [0.2, 0.25) is 0 Å². The summed E-state index contributed by atoms with van der Waals surface area (Å²) in [5.41, 5.74) is 3.12. The number of carbonyl (C=O) groups is 1. The summed E-state index contributed by atoms with van der Waals surface area (Å²) in [4.78, 5) is 16.4. The van der Waals surface area contributed by atoms with E-state index in [4.69, 9.17) is 5.84 Å². The predicted octanol–water partition coefficient (Wildman–Crippen LogP) is 2.00. The number of rotatable bonds is 6. The van der Waals surface area contributed by atoms with Gasteiger partial charge in [0.15, 0.2) is 0 Å². The minimum atomic E-state index is -0.0987. The average Bonchev–Trinajstić information content (AvgIpc) is 2.50. The number of nitrogen functional groups attached to an aromatic ring is 1. The number of fused-ring (bicyclic) bond motifs is 1. The van der Waals surface area contributed by atoms with Crippen LogP contribution in [0.4, 0.5) is 5.82 Å². The fraction of sp³-hybridized carbons (Fsp3) is 0.286. The van der Waals surface area contributed by atoms with Crippen LogP contribution in [0.3, 0.4) is 0 Å². The van der Waals surface area contributed by atoms with Gasteiger partial charge in [0.25, 0.3) is 5.91 Å². The van der Waals surface area contributed by atoms with Crippen molar-refractivity contribution >= 4 is 34.3 Å². The van der Waals surface area contributed by atoms with Crippen molar-refractivity contribution < 1.29 is 4.79 Å². The Kier molecular flexibility index (Phi) is 5.20. The average molecular weight is 290 g/mol. The zero-order valence-electron chi connectivity index (χ0n) is 11.3. The van der Waals surface area contributed by atoms with Crippen molar-refractivity contribution in [3.8, 4) is 0 Å². The Balaban J connectivity index is 2.24. The highest BCUT2D eigenvalue weighted by atomic mass is 32.2. The van der Waals surface area contributed by atoms with Crippen LogP contribution in [0.5, 0.6) is 0 Å². The van der Waals surface area contributed by atoms with Gasteiger partial charge >= 0.3 is 0 Å². The third-order valence-electron chi connectivity index (χ3n) is 2.99. The van der Waals surface area contributed by atoms with Crippen molar-refractivity contribution in [3.63, 3.8) is 0 Å². The monoisotopic (exact) mass is 290 g/mol. The quantitative estimate of drug-likeness (QED) is 0.431. The van der Waals surface area contributed by atoms with E-state index in [-0.39, 0.29) is 5.91 Å². The highest BCUT2D eigenvalue weighted by Crippen LogP contribution is 2.23. The minimum Gasteiger partial charge on any atom is -0.352 e. The number of pyridine rings is 1. The molecule has 0 radical (unpaired) electrons. The van der Waals surface area contributed by atoms with Crippen molar-refractivity contribution in [1.82, 2.24) is 10.3 Å². The zero-order valence-corrected chi connectivity index (χ0v) is 12.2. The van der Waals surface area contributed by atoms with Crippen LogP contribution in [-0.4, -0.2) is 29.4 Å². The van der Waals surface area contributed by atoms with E-state index in [2.05, 4.69) is 22.0 Å². The fourth-order valence-corrected chi connectivity index (χ4v) is 2.44. The Labute approximate surface area is 122 Å². The van der Waals surface area contributed by atoms with Gasteiger partial charge < -0.3 is 10.7 Å². The first-order valence-electron chi connectivity index (χ1n) is 6.39. The van der Waals surface area contributed by atoms with Gasteiger partial charge in [0.05, 0.1) is 5.56 Å². The Morgan fingerprint density at radius 3 is 2.80 bits per heavy atom. The lowest BCUT2D eigenvalue weighted by Gasteiger charge is -2.10. The van der Waals surface area contributed by atoms with E-state index >= 15 is 0 Å². The van der Waals surface area contributed by atoms with Crippen LogP contribution in [-0.2, 0) is 0 Å². The molecule has 0 aliphatic heterocycles. The highest BCUT2D eigenvalue weighted by molar-refractivity contribution is 7.98. The van der Waals surface area contributed by atoms with Crippen molar-refractivity contribution in [2.45, 2.75) is 6.42 Å². The molecule has 2 rings (SSSR count). The summed E-state index contributed by atoms with van der Waals surface area (Å²) in [6.45, 7) is 0.672. The molecule has 106 valence electrons. The van der Waals surface area contributed by atoms with Gasteiger partial charge in [-0.3, -0.25) is 4.79 Å². The maximum absolute atomic E-state index is 12.2. The molecule has 0 spiro atoms. The van der Waals surface area contributed by atoms with Crippen molar-refractivity contribution in [3.05, 3.63) is 36.0 Å². The van der Waals surface area contributed by atoms with E-state index in [0.29, 0.717) is 17.9 Å². The largest absolute Gasteiger partial charge is 0.352 e. The van der Waals surface area contributed by atoms with Gasteiger partial charge in [0, 0.05) is 18.1 Å².